The number of nitrogens with one attached hydrogen (secondary N) is 1. The van der Waals surface area contributed by atoms with Gasteiger partial charge in [0.2, 0.25) is 5.91 Å². The molecule has 0 unspecified atom stereocenters. The van der Waals surface area contributed by atoms with Gasteiger partial charge in [-0.3, -0.25) is 4.79 Å². The van der Waals surface area contributed by atoms with E-state index in [1.165, 1.54) is 18.7 Å². The van der Waals surface area contributed by atoms with E-state index in [0.717, 1.165) is 10.0 Å². The van der Waals surface area contributed by atoms with Gasteiger partial charge in [0.15, 0.2) is 0 Å². The van der Waals surface area contributed by atoms with Crippen molar-refractivity contribution in [1.29, 1.82) is 0 Å². The highest BCUT2D eigenvalue weighted by atomic mass is 79.9. The van der Waals surface area contributed by atoms with E-state index in [1.807, 2.05) is 12.1 Å². The molecule has 1 aromatic rings. The number of carboxylic acid groups (broad SMARTS) is 1. The maximum Gasteiger partial charge on any atom is 0.327 e. The standard InChI is InChI=1S/C12H13BrClNO3S/c1-7(16)15-11(12(17)18)6-19-5-8-2-3-9(13)4-10(8)14/h2-4,11H,5-6H2,1H3,(H,15,16)(H,17,18)/t11-/m0/s1. The van der Waals surface area contributed by atoms with Crippen LogP contribution in [0.4, 0.5) is 0 Å². The van der Waals surface area contributed by atoms with Crippen LogP contribution in [-0.2, 0) is 15.3 Å². The molecule has 7 heteroatoms. The summed E-state index contributed by atoms with van der Waals surface area (Å²) >= 11 is 10.8. The minimum atomic E-state index is -1.04. The molecule has 0 aromatic heterocycles. The topological polar surface area (TPSA) is 66.4 Å². The van der Waals surface area contributed by atoms with Gasteiger partial charge in [-0.2, -0.15) is 11.8 Å². The monoisotopic (exact) mass is 365 g/mol. The van der Waals surface area contributed by atoms with Gasteiger partial charge in [0.25, 0.3) is 0 Å². The van der Waals surface area contributed by atoms with E-state index in [9.17, 15) is 9.59 Å². The molecule has 0 aliphatic rings. The van der Waals surface area contributed by atoms with Gasteiger partial charge in [-0.1, -0.05) is 33.6 Å². The number of carbonyl (C=O) groups excluding carboxylic acids is 1. The number of halogens is 2. The number of hydrogen-bond acceptors (Lipinski definition) is 3. The van der Waals surface area contributed by atoms with Crippen LogP contribution >= 0.6 is 39.3 Å². The Morgan fingerprint density at radius 2 is 2.21 bits per heavy atom. The lowest BCUT2D eigenvalue weighted by Gasteiger charge is -2.13. The van der Waals surface area contributed by atoms with Crippen molar-refractivity contribution in [2.24, 2.45) is 0 Å². The highest BCUT2D eigenvalue weighted by Crippen LogP contribution is 2.25. The summed E-state index contributed by atoms with van der Waals surface area (Å²) in [6.07, 6.45) is 0. The first-order valence-electron chi connectivity index (χ1n) is 5.41. The second-order valence-corrected chi connectivity index (χ2v) is 6.20. The molecule has 1 amide bonds. The molecule has 2 N–H and O–H groups in total. The van der Waals surface area contributed by atoms with Crippen molar-refractivity contribution in [1.82, 2.24) is 5.32 Å². The summed E-state index contributed by atoms with van der Waals surface area (Å²) in [6, 6.07) is 4.68. The number of amides is 1. The van der Waals surface area contributed by atoms with Crippen molar-refractivity contribution in [3.05, 3.63) is 33.3 Å². The Balaban J connectivity index is 2.52. The normalized spacial score (nSPS) is 11.9. The van der Waals surface area contributed by atoms with E-state index < -0.39 is 12.0 Å². The van der Waals surface area contributed by atoms with Gasteiger partial charge < -0.3 is 10.4 Å². The van der Waals surface area contributed by atoms with E-state index in [4.69, 9.17) is 16.7 Å². The number of carboxylic acids is 1. The Kier molecular flexibility index (Phi) is 6.68. The molecule has 0 heterocycles. The zero-order chi connectivity index (χ0) is 14.4. The summed E-state index contributed by atoms with van der Waals surface area (Å²) in [5, 5.41) is 12.0. The summed E-state index contributed by atoms with van der Waals surface area (Å²) in [5.41, 5.74) is 0.932. The van der Waals surface area contributed by atoms with Crippen molar-refractivity contribution in [2.75, 3.05) is 5.75 Å². The molecule has 0 aliphatic heterocycles. The molecule has 0 bridgehead atoms. The van der Waals surface area contributed by atoms with Gasteiger partial charge in [-0.05, 0) is 17.7 Å². The van der Waals surface area contributed by atoms with Crippen LogP contribution in [0.25, 0.3) is 0 Å². The van der Waals surface area contributed by atoms with Crippen LogP contribution in [0, 0.1) is 0 Å². The Labute approximate surface area is 129 Å². The van der Waals surface area contributed by atoms with Gasteiger partial charge in [0.1, 0.15) is 6.04 Å². The molecule has 1 aromatic carbocycles. The summed E-state index contributed by atoms with van der Waals surface area (Å²) in [4.78, 5) is 21.8. The number of thioether (sulfide) groups is 1. The van der Waals surface area contributed by atoms with Crippen molar-refractivity contribution in [3.63, 3.8) is 0 Å². The van der Waals surface area contributed by atoms with Crippen LogP contribution in [0.1, 0.15) is 12.5 Å². The molecule has 4 nitrogen and oxygen atoms in total. The zero-order valence-electron chi connectivity index (χ0n) is 10.2. The summed E-state index contributed by atoms with van der Waals surface area (Å²) in [7, 11) is 0. The maximum atomic E-state index is 10.9. The van der Waals surface area contributed by atoms with Crippen molar-refractivity contribution >= 4 is 51.2 Å². The fraction of sp³-hybridized carbons (Fsp3) is 0.333. The van der Waals surface area contributed by atoms with E-state index >= 15 is 0 Å². The Bertz CT molecular complexity index is 484. The van der Waals surface area contributed by atoms with Crippen molar-refractivity contribution < 1.29 is 14.7 Å². The molecule has 0 aliphatic carbocycles. The lowest BCUT2D eigenvalue weighted by Crippen LogP contribution is -2.41. The van der Waals surface area contributed by atoms with Gasteiger partial charge in [-0.25, -0.2) is 4.79 Å². The van der Waals surface area contributed by atoms with Gasteiger partial charge >= 0.3 is 5.97 Å². The number of carbonyl (C=O) groups is 2. The highest BCUT2D eigenvalue weighted by Gasteiger charge is 2.18. The molecule has 0 spiro atoms. The molecule has 19 heavy (non-hydrogen) atoms. The first-order valence-corrected chi connectivity index (χ1v) is 7.74. The third kappa shape index (κ3) is 5.84. The van der Waals surface area contributed by atoms with Crippen LogP contribution in [0.15, 0.2) is 22.7 Å². The fourth-order valence-electron chi connectivity index (χ4n) is 1.35. The smallest absolute Gasteiger partial charge is 0.327 e. The molecular formula is C12H13BrClNO3S. The summed E-state index contributed by atoms with van der Waals surface area (Å²) < 4.78 is 0.896. The predicted octanol–water partition coefficient (Wildman–Crippen LogP) is 2.93. The largest absolute Gasteiger partial charge is 0.480 e. The second-order valence-electron chi connectivity index (χ2n) is 3.84. The number of benzene rings is 1. The lowest BCUT2D eigenvalue weighted by molar-refractivity contribution is -0.140. The highest BCUT2D eigenvalue weighted by molar-refractivity contribution is 9.10. The molecule has 0 saturated heterocycles. The van der Waals surface area contributed by atoms with E-state index in [1.54, 1.807) is 6.07 Å². The number of hydrogen-bond donors (Lipinski definition) is 2. The van der Waals surface area contributed by atoms with Crippen LogP contribution in [0.2, 0.25) is 5.02 Å². The number of rotatable bonds is 6. The fourth-order valence-corrected chi connectivity index (χ4v) is 3.22. The van der Waals surface area contributed by atoms with E-state index in [0.29, 0.717) is 16.5 Å². The summed E-state index contributed by atoms with van der Waals surface area (Å²) in [5.74, 6) is -0.504. The van der Waals surface area contributed by atoms with Crippen molar-refractivity contribution in [3.8, 4) is 0 Å². The van der Waals surface area contributed by atoms with E-state index in [2.05, 4.69) is 21.2 Å². The third-order valence-corrected chi connectivity index (χ3v) is 4.16. The van der Waals surface area contributed by atoms with Gasteiger partial charge in [-0.15, -0.1) is 0 Å². The maximum absolute atomic E-state index is 10.9. The van der Waals surface area contributed by atoms with Crippen LogP contribution < -0.4 is 5.32 Å². The molecule has 0 saturated carbocycles. The SMILES string of the molecule is CC(=O)N[C@@H](CSCc1ccc(Br)cc1Cl)C(=O)O. The number of aliphatic carboxylic acids is 1. The first kappa shape index (κ1) is 16.3. The average Bonchev–Trinajstić information content (AvgIpc) is 2.29. The zero-order valence-corrected chi connectivity index (χ0v) is 13.3. The Morgan fingerprint density at radius 1 is 1.53 bits per heavy atom. The van der Waals surface area contributed by atoms with Crippen LogP contribution in [-0.4, -0.2) is 28.8 Å². The quantitative estimate of drug-likeness (QED) is 0.812. The summed E-state index contributed by atoms with van der Waals surface area (Å²) in [6.45, 7) is 1.30. The molecule has 0 fully saturated rings. The van der Waals surface area contributed by atoms with E-state index in [-0.39, 0.29) is 5.91 Å². The molecule has 104 valence electrons. The van der Waals surface area contributed by atoms with Gasteiger partial charge in [0, 0.05) is 27.9 Å². The van der Waals surface area contributed by atoms with Gasteiger partial charge in [0.05, 0.1) is 0 Å². The minimum absolute atomic E-state index is 0.293. The lowest BCUT2D eigenvalue weighted by atomic mass is 10.2. The molecule has 1 rings (SSSR count). The Hall–Kier alpha value is -0.720. The third-order valence-electron chi connectivity index (χ3n) is 2.23. The molecular weight excluding hydrogens is 354 g/mol. The second kappa shape index (κ2) is 7.77. The molecule has 0 radical (unpaired) electrons. The predicted molar refractivity (Wildman–Crippen MR) is 80.6 cm³/mol. The van der Waals surface area contributed by atoms with Crippen molar-refractivity contribution in [2.45, 2.75) is 18.7 Å². The molecule has 1 atom stereocenters. The first-order chi connectivity index (χ1) is 8.90. The Morgan fingerprint density at radius 3 is 2.74 bits per heavy atom. The van der Waals surface area contributed by atoms with Crippen LogP contribution in [0.3, 0.4) is 0 Å². The minimum Gasteiger partial charge on any atom is -0.480 e. The average molecular weight is 367 g/mol. The van der Waals surface area contributed by atoms with Crippen LogP contribution in [0.5, 0.6) is 0 Å².